The lowest BCUT2D eigenvalue weighted by molar-refractivity contribution is 0.420. The number of hydrogen-bond donors (Lipinski definition) is 0. The molecular weight excluding hydrogens is 348 g/mol. The van der Waals surface area contributed by atoms with Gasteiger partial charge >= 0.3 is 0 Å². The molecule has 7 heteroatoms. The van der Waals surface area contributed by atoms with E-state index in [2.05, 4.69) is 15.2 Å². The highest BCUT2D eigenvalue weighted by Gasteiger charge is 2.10. The minimum absolute atomic E-state index is 0.0930. The lowest BCUT2D eigenvalue weighted by Gasteiger charge is -2.05. The highest BCUT2D eigenvalue weighted by atomic mass is 32.2. The summed E-state index contributed by atoms with van der Waals surface area (Å²) in [6, 6.07) is 15.3. The zero-order chi connectivity index (χ0) is 17.9. The minimum atomic E-state index is -0.0930. The summed E-state index contributed by atoms with van der Waals surface area (Å²) in [6.07, 6.45) is 2.33. The zero-order valence-electron chi connectivity index (χ0n) is 14.1. The Morgan fingerprint density at radius 3 is 2.81 bits per heavy atom. The second-order valence-corrected chi connectivity index (χ2v) is 6.81. The fourth-order valence-electron chi connectivity index (χ4n) is 2.66. The maximum absolute atomic E-state index is 12.2. The summed E-state index contributed by atoms with van der Waals surface area (Å²) in [4.78, 5) is 16.8. The number of rotatable bonds is 5. The predicted molar refractivity (Wildman–Crippen MR) is 99.3 cm³/mol. The van der Waals surface area contributed by atoms with E-state index in [9.17, 15) is 4.79 Å². The van der Waals surface area contributed by atoms with E-state index in [1.807, 2.05) is 49.4 Å². The summed E-state index contributed by atoms with van der Waals surface area (Å²) in [5.41, 5.74) is 3.35. The molecule has 0 spiro atoms. The first-order valence-electron chi connectivity index (χ1n) is 8.16. The fourth-order valence-corrected chi connectivity index (χ4v) is 3.33. The first-order chi connectivity index (χ1) is 12.7. The lowest BCUT2D eigenvalue weighted by Crippen LogP contribution is -2.15. The van der Waals surface area contributed by atoms with Gasteiger partial charge in [0.25, 0.3) is 10.8 Å². The van der Waals surface area contributed by atoms with E-state index in [0.717, 1.165) is 11.1 Å². The van der Waals surface area contributed by atoms with Crippen molar-refractivity contribution in [3.05, 3.63) is 87.8 Å². The Morgan fingerprint density at radius 2 is 1.96 bits per heavy atom. The van der Waals surface area contributed by atoms with Gasteiger partial charge in [0.2, 0.25) is 5.89 Å². The van der Waals surface area contributed by atoms with Crippen molar-refractivity contribution in [2.45, 2.75) is 24.3 Å². The van der Waals surface area contributed by atoms with Crippen molar-refractivity contribution < 1.29 is 4.42 Å². The van der Waals surface area contributed by atoms with Gasteiger partial charge in [0.1, 0.15) is 5.65 Å². The van der Waals surface area contributed by atoms with Crippen LogP contribution in [0.4, 0.5) is 0 Å². The van der Waals surface area contributed by atoms with Gasteiger partial charge in [-0.3, -0.25) is 9.20 Å². The van der Waals surface area contributed by atoms with Crippen LogP contribution in [0.3, 0.4) is 0 Å². The SMILES string of the molecule is Cc1cccn2c(=O)cc(CSc3nnc(Cc4ccccc4)o3)nc12. The van der Waals surface area contributed by atoms with Crippen LogP contribution in [0.2, 0.25) is 0 Å². The molecule has 3 heterocycles. The van der Waals surface area contributed by atoms with Crippen LogP contribution in [-0.4, -0.2) is 19.6 Å². The first-order valence-corrected chi connectivity index (χ1v) is 9.14. The number of hydrogen-bond acceptors (Lipinski definition) is 6. The predicted octanol–water partition coefficient (Wildman–Crippen LogP) is 3.27. The van der Waals surface area contributed by atoms with Crippen LogP contribution in [0, 0.1) is 6.92 Å². The molecule has 1 aromatic carbocycles. The second kappa shape index (κ2) is 7.13. The Bertz CT molecular complexity index is 1110. The Kier molecular flexibility index (Phi) is 4.53. The third kappa shape index (κ3) is 3.52. The molecule has 6 nitrogen and oxygen atoms in total. The highest BCUT2D eigenvalue weighted by Crippen LogP contribution is 2.21. The molecule has 4 aromatic rings. The topological polar surface area (TPSA) is 73.3 Å². The summed E-state index contributed by atoms with van der Waals surface area (Å²) in [7, 11) is 0. The van der Waals surface area contributed by atoms with Crippen LogP contribution in [0.1, 0.15) is 22.7 Å². The van der Waals surface area contributed by atoms with E-state index in [4.69, 9.17) is 4.42 Å². The molecule has 0 aliphatic heterocycles. The normalized spacial score (nSPS) is 11.1. The van der Waals surface area contributed by atoms with Gasteiger partial charge in [0.15, 0.2) is 0 Å². The van der Waals surface area contributed by atoms with Crippen molar-refractivity contribution in [2.24, 2.45) is 0 Å². The Labute approximate surface area is 153 Å². The molecule has 0 radical (unpaired) electrons. The van der Waals surface area contributed by atoms with Crippen LogP contribution in [-0.2, 0) is 12.2 Å². The molecule has 26 heavy (non-hydrogen) atoms. The van der Waals surface area contributed by atoms with Gasteiger partial charge in [-0.1, -0.05) is 48.2 Å². The Balaban J connectivity index is 1.49. The highest BCUT2D eigenvalue weighted by molar-refractivity contribution is 7.98. The quantitative estimate of drug-likeness (QED) is 0.506. The number of fused-ring (bicyclic) bond motifs is 1. The van der Waals surface area contributed by atoms with E-state index in [1.165, 1.54) is 11.8 Å². The molecular formula is C19H16N4O2S. The summed E-state index contributed by atoms with van der Waals surface area (Å²) in [5, 5.41) is 8.62. The molecule has 0 fully saturated rings. The maximum Gasteiger partial charge on any atom is 0.276 e. The van der Waals surface area contributed by atoms with Gasteiger partial charge in [0, 0.05) is 18.0 Å². The van der Waals surface area contributed by atoms with E-state index in [0.29, 0.717) is 34.6 Å². The van der Waals surface area contributed by atoms with Crippen molar-refractivity contribution in [2.75, 3.05) is 0 Å². The number of pyridine rings is 1. The Hall–Kier alpha value is -2.93. The molecule has 0 aliphatic rings. The number of aryl methyl sites for hydroxylation is 1. The van der Waals surface area contributed by atoms with Gasteiger partial charge in [-0.2, -0.15) is 0 Å². The van der Waals surface area contributed by atoms with Gasteiger partial charge in [-0.05, 0) is 24.1 Å². The minimum Gasteiger partial charge on any atom is -0.416 e. The third-order valence-corrected chi connectivity index (χ3v) is 4.78. The maximum atomic E-state index is 12.2. The molecule has 0 bridgehead atoms. The molecule has 4 rings (SSSR count). The van der Waals surface area contributed by atoms with Crippen molar-refractivity contribution in [1.82, 2.24) is 19.6 Å². The molecule has 0 saturated heterocycles. The molecule has 0 aliphatic carbocycles. The lowest BCUT2D eigenvalue weighted by atomic mass is 10.2. The van der Waals surface area contributed by atoms with Crippen molar-refractivity contribution in [3.63, 3.8) is 0 Å². The van der Waals surface area contributed by atoms with E-state index < -0.39 is 0 Å². The van der Waals surface area contributed by atoms with Gasteiger partial charge in [0.05, 0.1) is 12.1 Å². The molecule has 0 unspecified atom stereocenters. The zero-order valence-corrected chi connectivity index (χ0v) is 14.9. The molecule has 0 atom stereocenters. The van der Waals surface area contributed by atoms with Crippen LogP contribution in [0.15, 0.2) is 69.2 Å². The number of aromatic nitrogens is 4. The smallest absolute Gasteiger partial charge is 0.276 e. The van der Waals surface area contributed by atoms with Gasteiger partial charge in [-0.25, -0.2) is 4.98 Å². The summed E-state index contributed by atoms with van der Waals surface area (Å²) in [5.74, 6) is 1.06. The van der Waals surface area contributed by atoms with Gasteiger partial charge < -0.3 is 4.42 Å². The number of nitrogens with zero attached hydrogens (tertiary/aromatic N) is 4. The molecule has 0 saturated carbocycles. The van der Waals surface area contributed by atoms with Gasteiger partial charge in [-0.15, -0.1) is 10.2 Å². The van der Waals surface area contributed by atoms with Crippen LogP contribution in [0.25, 0.3) is 5.65 Å². The van der Waals surface area contributed by atoms with E-state index in [1.54, 1.807) is 16.7 Å². The summed E-state index contributed by atoms with van der Waals surface area (Å²) in [6.45, 7) is 1.94. The molecule has 3 aromatic heterocycles. The second-order valence-electron chi connectivity index (χ2n) is 5.88. The summed E-state index contributed by atoms with van der Waals surface area (Å²) < 4.78 is 7.23. The average molecular weight is 364 g/mol. The fraction of sp³-hybridized carbons (Fsp3) is 0.158. The number of thioether (sulfide) groups is 1. The van der Waals surface area contributed by atoms with E-state index >= 15 is 0 Å². The largest absolute Gasteiger partial charge is 0.416 e. The van der Waals surface area contributed by atoms with Crippen LogP contribution >= 0.6 is 11.8 Å². The standard InChI is InChI=1S/C19H16N4O2S/c1-13-6-5-9-23-17(24)11-15(20-18(13)23)12-26-19-22-21-16(25-19)10-14-7-3-2-4-8-14/h2-9,11H,10,12H2,1H3. The van der Waals surface area contributed by atoms with Crippen LogP contribution in [0.5, 0.6) is 0 Å². The van der Waals surface area contributed by atoms with Crippen molar-refractivity contribution >= 4 is 17.4 Å². The average Bonchev–Trinajstić information content (AvgIpc) is 3.09. The monoisotopic (exact) mass is 364 g/mol. The first kappa shape index (κ1) is 16.5. The molecule has 0 amide bonds. The number of benzene rings is 1. The molecule has 130 valence electrons. The molecule has 0 N–H and O–H groups in total. The third-order valence-electron chi connectivity index (χ3n) is 3.93. The van der Waals surface area contributed by atoms with Crippen LogP contribution < -0.4 is 5.56 Å². The summed E-state index contributed by atoms with van der Waals surface area (Å²) >= 11 is 1.38. The van der Waals surface area contributed by atoms with Crippen molar-refractivity contribution in [1.29, 1.82) is 0 Å². The Morgan fingerprint density at radius 1 is 1.12 bits per heavy atom. The van der Waals surface area contributed by atoms with E-state index in [-0.39, 0.29) is 5.56 Å². The van der Waals surface area contributed by atoms with Crippen molar-refractivity contribution in [3.8, 4) is 0 Å².